The van der Waals surface area contributed by atoms with Gasteiger partial charge in [-0.25, -0.2) is 0 Å². The van der Waals surface area contributed by atoms with Crippen LogP contribution in [0.15, 0.2) is 28.7 Å². The van der Waals surface area contributed by atoms with Crippen LogP contribution < -0.4 is 5.32 Å². The van der Waals surface area contributed by atoms with E-state index in [4.69, 9.17) is 0 Å². The van der Waals surface area contributed by atoms with Crippen LogP contribution in [-0.4, -0.2) is 22.7 Å². The molecule has 0 saturated heterocycles. The summed E-state index contributed by atoms with van der Waals surface area (Å²) in [5, 5.41) is 3.03. The quantitative estimate of drug-likeness (QED) is 0.832. The molecule has 1 aromatic heterocycles. The number of aromatic nitrogens is 1. The van der Waals surface area contributed by atoms with Crippen LogP contribution in [0.4, 0.5) is 0 Å². The first-order valence-corrected chi connectivity index (χ1v) is 9.05. The van der Waals surface area contributed by atoms with Crippen molar-refractivity contribution in [1.29, 1.82) is 0 Å². The lowest BCUT2D eigenvalue weighted by Crippen LogP contribution is -2.34. The molecule has 3 rings (SSSR count). The van der Waals surface area contributed by atoms with Crippen LogP contribution in [0.1, 0.15) is 57.4 Å². The Hall–Kier alpha value is -1.88. The van der Waals surface area contributed by atoms with Crippen molar-refractivity contribution in [2.75, 3.05) is 0 Å². The molecular formula is C19H21BrN2O2. The van der Waals surface area contributed by atoms with E-state index in [-0.39, 0.29) is 17.7 Å². The molecule has 1 atom stereocenters. The van der Waals surface area contributed by atoms with Crippen molar-refractivity contribution < 1.29 is 9.59 Å². The Kier molecular flexibility index (Phi) is 4.90. The summed E-state index contributed by atoms with van der Waals surface area (Å²) in [7, 11) is 0. The maximum Gasteiger partial charge on any atom is 0.268 e. The summed E-state index contributed by atoms with van der Waals surface area (Å²) in [6.07, 6.45) is 3.03. The number of Topliss-reactive ketones (excluding diaryl/α,β-unsaturated/α-hetero) is 1. The van der Waals surface area contributed by atoms with Crippen LogP contribution >= 0.6 is 15.9 Å². The Morgan fingerprint density at radius 3 is 2.67 bits per heavy atom. The van der Waals surface area contributed by atoms with Crippen LogP contribution in [0.25, 0.3) is 0 Å². The van der Waals surface area contributed by atoms with E-state index in [1.54, 1.807) is 0 Å². The second kappa shape index (κ2) is 6.93. The van der Waals surface area contributed by atoms with Crippen molar-refractivity contribution >= 4 is 27.6 Å². The molecule has 0 radical (unpaired) electrons. The monoisotopic (exact) mass is 388 g/mol. The van der Waals surface area contributed by atoms with Crippen LogP contribution in [0.5, 0.6) is 0 Å². The number of fused-ring (bicyclic) bond motifs is 1. The summed E-state index contributed by atoms with van der Waals surface area (Å²) >= 11 is 3.42. The summed E-state index contributed by atoms with van der Waals surface area (Å²) in [5.74, 6) is 0.00581. The third-order valence-electron chi connectivity index (χ3n) is 4.50. The van der Waals surface area contributed by atoms with Crippen molar-refractivity contribution in [3.8, 4) is 0 Å². The first kappa shape index (κ1) is 17.0. The van der Waals surface area contributed by atoms with Gasteiger partial charge >= 0.3 is 0 Å². The van der Waals surface area contributed by atoms with Crippen LogP contribution in [0, 0.1) is 6.92 Å². The van der Waals surface area contributed by atoms with Gasteiger partial charge in [-0.3, -0.25) is 9.59 Å². The third kappa shape index (κ3) is 3.46. The van der Waals surface area contributed by atoms with E-state index >= 15 is 0 Å². The average molecular weight is 389 g/mol. The second-order valence-electron chi connectivity index (χ2n) is 6.46. The van der Waals surface area contributed by atoms with Gasteiger partial charge in [-0.1, -0.05) is 28.1 Å². The highest BCUT2D eigenvalue weighted by Crippen LogP contribution is 2.26. The van der Waals surface area contributed by atoms with Crippen LogP contribution in [0.2, 0.25) is 0 Å². The molecule has 0 aliphatic heterocycles. The molecule has 2 aromatic rings. The molecule has 126 valence electrons. The highest BCUT2D eigenvalue weighted by molar-refractivity contribution is 9.10. The number of carbonyl (C=O) groups is 2. The number of halogens is 1. The SMILES string of the molecule is Cc1c(C(=O)NC(C)Cc2ccc(Br)cc2)[nH]c2c1C(=O)CCC2. The van der Waals surface area contributed by atoms with Gasteiger partial charge in [-0.15, -0.1) is 0 Å². The summed E-state index contributed by atoms with van der Waals surface area (Å²) in [5.41, 5.74) is 4.12. The average Bonchev–Trinajstić information content (AvgIpc) is 2.88. The number of hydrogen-bond donors (Lipinski definition) is 2. The number of ketones is 1. The fourth-order valence-electron chi connectivity index (χ4n) is 3.32. The Bertz CT molecular complexity index is 777. The summed E-state index contributed by atoms with van der Waals surface area (Å²) in [6, 6.07) is 8.10. The van der Waals surface area contributed by atoms with Gasteiger partial charge in [0.05, 0.1) is 0 Å². The molecular weight excluding hydrogens is 368 g/mol. The van der Waals surface area contributed by atoms with Crippen LogP contribution in [0.3, 0.4) is 0 Å². The number of aromatic amines is 1. The number of rotatable bonds is 4. The number of benzene rings is 1. The van der Waals surface area contributed by atoms with Crippen molar-refractivity contribution in [3.63, 3.8) is 0 Å². The molecule has 0 spiro atoms. The molecule has 1 heterocycles. The zero-order valence-corrected chi connectivity index (χ0v) is 15.5. The summed E-state index contributed by atoms with van der Waals surface area (Å²) in [6.45, 7) is 3.84. The minimum Gasteiger partial charge on any atom is -0.354 e. The van der Waals surface area contributed by atoms with Gasteiger partial charge in [0.2, 0.25) is 0 Å². The number of aryl methyl sites for hydroxylation is 1. The first-order chi connectivity index (χ1) is 11.5. The largest absolute Gasteiger partial charge is 0.354 e. The van der Waals surface area contributed by atoms with E-state index in [1.807, 2.05) is 38.1 Å². The van der Waals surface area contributed by atoms with Crippen molar-refractivity contribution in [3.05, 3.63) is 56.8 Å². The molecule has 4 nitrogen and oxygen atoms in total. The molecule has 1 unspecified atom stereocenters. The van der Waals surface area contributed by atoms with Crippen molar-refractivity contribution in [2.24, 2.45) is 0 Å². The van der Waals surface area contributed by atoms with Gasteiger partial charge in [-0.05, 0) is 56.4 Å². The Balaban J connectivity index is 1.71. The van der Waals surface area contributed by atoms with E-state index in [1.165, 1.54) is 5.56 Å². The maximum absolute atomic E-state index is 12.6. The zero-order valence-electron chi connectivity index (χ0n) is 13.9. The molecule has 1 aromatic carbocycles. The minimum atomic E-state index is -0.140. The highest BCUT2D eigenvalue weighted by atomic mass is 79.9. The summed E-state index contributed by atoms with van der Waals surface area (Å²) < 4.78 is 1.04. The number of hydrogen-bond acceptors (Lipinski definition) is 2. The predicted octanol–water partition coefficient (Wildman–Crippen LogP) is 3.97. The fourth-order valence-corrected chi connectivity index (χ4v) is 3.59. The lowest BCUT2D eigenvalue weighted by molar-refractivity contribution is 0.0934. The van der Waals surface area contributed by atoms with Crippen LogP contribution in [-0.2, 0) is 12.8 Å². The van der Waals surface area contributed by atoms with Gasteiger partial charge in [0.15, 0.2) is 5.78 Å². The summed E-state index contributed by atoms with van der Waals surface area (Å²) in [4.78, 5) is 27.8. The van der Waals surface area contributed by atoms with E-state index in [2.05, 4.69) is 26.2 Å². The molecule has 0 fully saturated rings. The number of H-pyrrole nitrogens is 1. The first-order valence-electron chi connectivity index (χ1n) is 8.25. The Morgan fingerprint density at radius 2 is 2.00 bits per heavy atom. The molecule has 0 bridgehead atoms. The lowest BCUT2D eigenvalue weighted by atomic mass is 9.94. The van der Waals surface area contributed by atoms with Gasteiger partial charge in [-0.2, -0.15) is 0 Å². The molecule has 2 N–H and O–H groups in total. The second-order valence-corrected chi connectivity index (χ2v) is 7.38. The van der Waals surface area contributed by atoms with Gasteiger partial charge in [0, 0.05) is 28.2 Å². The molecule has 24 heavy (non-hydrogen) atoms. The zero-order chi connectivity index (χ0) is 17.3. The highest BCUT2D eigenvalue weighted by Gasteiger charge is 2.26. The van der Waals surface area contributed by atoms with Gasteiger partial charge in [0.1, 0.15) is 5.69 Å². The van der Waals surface area contributed by atoms with E-state index in [9.17, 15) is 9.59 Å². The molecule has 0 saturated carbocycles. The smallest absolute Gasteiger partial charge is 0.268 e. The molecule has 1 amide bonds. The van der Waals surface area contributed by atoms with Crippen molar-refractivity contribution in [1.82, 2.24) is 10.3 Å². The molecule has 1 aliphatic rings. The number of amides is 1. The Labute approximate surface area is 150 Å². The van der Waals surface area contributed by atoms with E-state index in [0.29, 0.717) is 12.1 Å². The van der Waals surface area contributed by atoms with Crippen molar-refractivity contribution in [2.45, 2.75) is 45.6 Å². The topological polar surface area (TPSA) is 62.0 Å². The lowest BCUT2D eigenvalue weighted by Gasteiger charge is -2.14. The standard InChI is InChI=1S/C19H21BrN2O2/c1-11(10-13-6-8-14(20)9-7-13)21-19(24)18-12(2)17-15(22-18)4-3-5-16(17)23/h6-9,11,22H,3-5,10H2,1-2H3,(H,21,24). The predicted molar refractivity (Wildman–Crippen MR) is 97.6 cm³/mol. The third-order valence-corrected chi connectivity index (χ3v) is 5.03. The number of nitrogens with one attached hydrogen (secondary N) is 2. The maximum atomic E-state index is 12.6. The molecule has 5 heteroatoms. The van der Waals surface area contributed by atoms with E-state index in [0.717, 1.165) is 40.6 Å². The van der Waals surface area contributed by atoms with Gasteiger partial charge in [0.25, 0.3) is 5.91 Å². The fraction of sp³-hybridized carbons (Fsp3) is 0.368. The van der Waals surface area contributed by atoms with E-state index < -0.39 is 0 Å². The van der Waals surface area contributed by atoms with Gasteiger partial charge < -0.3 is 10.3 Å². The molecule has 1 aliphatic carbocycles. The normalized spacial score (nSPS) is 15.0. The number of carbonyl (C=O) groups excluding carboxylic acids is 2. The minimum absolute atomic E-state index is 0.00843. The Morgan fingerprint density at radius 1 is 1.29 bits per heavy atom.